The van der Waals surface area contributed by atoms with Crippen molar-refractivity contribution in [1.29, 1.82) is 0 Å². The lowest BCUT2D eigenvalue weighted by molar-refractivity contribution is -0.132. The van der Waals surface area contributed by atoms with E-state index in [1.807, 2.05) is 23.1 Å². The summed E-state index contributed by atoms with van der Waals surface area (Å²) in [5.41, 5.74) is 3.20. The molecule has 1 aliphatic rings. The number of carbonyl (C=O) groups is 1. The Bertz CT molecular complexity index is 844. The minimum atomic E-state index is 0.206. The average Bonchev–Trinajstić information content (AvgIpc) is 3.15. The minimum absolute atomic E-state index is 0.206. The molecule has 1 aliphatic heterocycles. The van der Waals surface area contributed by atoms with Crippen LogP contribution in [-0.2, 0) is 16.1 Å². The van der Waals surface area contributed by atoms with E-state index in [-0.39, 0.29) is 5.91 Å². The van der Waals surface area contributed by atoms with Crippen molar-refractivity contribution in [3.8, 4) is 5.69 Å². The molecule has 0 aliphatic carbocycles. The van der Waals surface area contributed by atoms with Crippen LogP contribution in [0, 0.1) is 6.92 Å². The number of hydrogen-bond donors (Lipinski definition) is 0. The lowest BCUT2D eigenvalue weighted by Gasteiger charge is -2.36. The Labute approximate surface area is 192 Å². The van der Waals surface area contributed by atoms with Crippen LogP contribution in [0.1, 0.15) is 44.4 Å². The molecule has 1 saturated heterocycles. The molecule has 0 unspecified atom stereocenters. The number of ether oxygens (including phenoxy) is 1. The number of para-hydroxylation sites is 1. The molecule has 0 N–H and O–H groups in total. The summed E-state index contributed by atoms with van der Waals surface area (Å²) >= 11 is 0. The average molecular weight is 442 g/mol. The maximum atomic E-state index is 12.9. The zero-order valence-corrected chi connectivity index (χ0v) is 20.2. The molecule has 1 fully saturated rings. The molecule has 176 valence electrons. The number of piperazine rings is 1. The molecule has 3 rings (SSSR count). The third-order valence-electron chi connectivity index (χ3n) is 6.22. The number of anilines is 1. The largest absolute Gasteiger partial charge is 0.385 e. The SMILES string of the molecule is CCCC(=O)N(CCCOC)Cc1c(C)nn(-c2ccccc2)c1N1CCN(CC)CC1. The number of hydrogen-bond acceptors (Lipinski definition) is 5. The third-order valence-corrected chi connectivity index (χ3v) is 6.22. The van der Waals surface area contributed by atoms with Crippen LogP contribution in [0.25, 0.3) is 5.69 Å². The highest BCUT2D eigenvalue weighted by atomic mass is 16.5. The summed E-state index contributed by atoms with van der Waals surface area (Å²) in [5.74, 6) is 1.34. The highest BCUT2D eigenvalue weighted by molar-refractivity contribution is 5.76. The van der Waals surface area contributed by atoms with E-state index in [1.54, 1.807) is 7.11 Å². The smallest absolute Gasteiger partial charge is 0.222 e. The van der Waals surface area contributed by atoms with Crippen molar-refractivity contribution in [3.63, 3.8) is 0 Å². The van der Waals surface area contributed by atoms with E-state index in [2.05, 4.69) is 47.4 Å². The molecular weight excluding hydrogens is 402 g/mol. The Morgan fingerprint density at radius 3 is 2.47 bits per heavy atom. The maximum absolute atomic E-state index is 12.9. The van der Waals surface area contributed by atoms with E-state index in [1.165, 1.54) is 0 Å². The number of likely N-dealkylation sites (N-methyl/N-ethyl adjacent to an activating group) is 1. The van der Waals surface area contributed by atoms with Gasteiger partial charge >= 0.3 is 0 Å². The number of aromatic nitrogens is 2. The molecule has 0 spiro atoms. The van der Waals surface area contributed by atoms with Gasteiger partial charge in [-0.25, -0.2) is 4.68 Å². The number of carbonyl (C=O) groups excluding carboxylic acids is 1. The quantitative estimate of drug-likeness (QED) is 0.500. The van der Waals surface area contributed by atoms with Crippen LogP contribution in [0.5, 0.6) is 0 Å². The second-order valence-corrected chi connectivity index (χ2v) is 8.47. The van der Waals surface area contributed by atoms with Gasteiger partial charge in [-0.1, -0.05) is 32.0 Å². The molecule has 0 bridgehead atoms. The van der Waals surface area contributed by atoms with Gasteiger partial charge in [-0.15, -0.1) is 0 Å². The molecular formula is C25H39N5O2. The molecule has 1 amide bonds. The van der Waals surface area contributed by atoms with Crippen molar-refractivity contribution in [2.75, 3.05) is 57.9 Å². The zero-order chi connectivity index (χ0) is 22.9. The van der Waals surface area contributed by atoms with Gasteiger partial charge in [0.1, 0.15) is 5.82 Å². The van der Waals surface area contributed by atoms with Crippen molar-refractivity contribution in [1.82, 2.24) is 19.6 Å². The first-order valence-corrected chi connectivity index (χ1v) is 12.0. The van der Waals surface area contributed by atoms with Crippen molar-refractivity contribution >= 4 is 11.7 Å². The topological polar surface area (TPSA) is 53.8 Å². The number of nitrogens with zero attached hydrogens (tertiary/aromatic N) is 5. The van der Waals surface area contributed by atoms with Crippen molar-refractivity contribution < 1.29 is 9.53 Å². The molecule has 0 radical (unpaired) electrons. The Morgan fingerprint density at radius 2 is 1.84 bits per heavy atom. The molecule has 2 aromatic rings. The van der Waals surface area contributed by atoms with E-state index in [9.17, 15) is 4.79 Å². The van der Waals surface area contributed by atoms with Crippen LogP contribution in [0.15, 0.2) is 30.3 Å². The second-order valence-electron chi connectivity index (χ2n) is 8.47. The predicted octanol–water partition coefficient (Wildman–Crippen LogP) is 3.49. The van der Waals surface area contributed by atoms with Gasteiger partial charge in [-0.2, -0.15) is 5.10 Å². The minimum Gasteiger partial charge on any atom is -0.385 e. The van der Waals surface area contributed by atoms with Crippen LogP contribution in [-0.4, -0.2) is 78.5 Å². The third kappa shape index (κ3) is 5.90. The van der Waals surface area contributed by atoms with Gasteiger partial charge in [0.05, 0.1) is 17.9 Å². The Balaban J connectivity index is 1.96. The van der Waals surface area contributed by atoms with Gasteiger partial charge in [0.2, 0.25) is 5.91 Å². The Kier molecular flexibility index (Phi) is 9.11. The molecule has 1 aromatic carbocycles. The van der Waals surface area contributed by atoms with E-state index >= 15 is 0 Å². The van der Waals surface area contributed by atoms with Crippen LogP contribution in [0.2, 0.25) is 0 Å². The molecule has 7 nitrogen and oxygen atoms in total. The lowest BCUT2D eigenvalue weighted by atomic mass is 10.1. The highest BCUT2D eigenvalue weighted by Gasteiger charge is 2.27. The first-order valence-electron chi connectivity index (χ1n) is 12.0. The number of amides is 1. The van der Waals surface area contributed by atoms with E-state index in [4.69, 9.17) is 9.84 Å². The predicted molar refractivity (Wildman–Crippen MR) is 129 cm³/mol. The standard InChI is InChI=1S/C25H39N5O2/c1-5-11-24(31)29(14-10-19-32-4)20-23-21(3)26-30(22-12-8-7-9-13-22)25(23)28-17-15-27(6-2)16-18-28/h7-9,12-13H,5-6,10-11,14-20H2,1-4H3. The van der Waals surface area contributed by atoms with Crippen LogP contribution in [0.4, 0.5) is 5.82 Å². The monoisotopic (exact) mass is 441 g/mol. The number of benzene rings is 1. The fourth-order valence-corrected chi connectivity index (χ4v) is 4.34. The first-order chi connectivity index (χ1) is 15.6. The van der Waals surface area contributed by atoms with Gasteiger partial charge < -0.3 is 19.4 Å². The van der Waals surface area contributed by atoms with Gasteiger partial charge in [0.15, 0.2) is 0 Å². The summed E-state index contributed by atoms with van der Waals surface area (Å²) in [5, 5.41) is 4.95. The molecule has 32 heavy (non-hydrogen) atoms. The zero-order valence-electron chi connectivity index (χ0n) is 20.2. The van der Waals surface area contributed by atoms with Crippen LogP contribution < -0.4 is 4.90 Å². The van der Waals surface area contributed by atoms with Crippen LogP contribution >= 0.6 is 0 Å². The molecule has 0 saturated carbocycles. The van der Waals surface area contributed by atoms with Crippen molar-refractivity contribution in [3.05, 3.63) is 41.6 Å². The fourth-order valence-electron chi connectivity index (χ4n) is 4.34. The van der Waals surface area contributed by atoms with Gasteiger partial charge in [-0.3, -0.25) is 4.79 Å². The van der Waals surface area contributed by atoms with Gasteiger partial charge in [0.25, 0.3) is 0 Å². The van der Waals surface area contributed by atoms with Crippen molar-refractivity contribution in [2.24, 2.45) is 0 Å². The second kappa shape index (κ2) is 12.0. The van der Waals surface area contributed by atoms with Crippen LogP contribution in [0.3, 0.4) is 0 Å². The van der Waals surface area contributed by atoms with E-state index in [0.29, 0.717) is 26.1 Å². The summed E-state index contributed by atoms with van der Waals surface area (Å²) in [6, 6.07) is 10.3. The summed E-state index contributed by atoms with van der Waals surface area (Å²) in [4.78, 5) is 19.9. The van der Waals surface area contributed by atoms with Crippen molar-refractivity contribution in [2.45, 2.75) is 46.6 Å². The fraction of sp³-hybridized carbons (Fsp3) is 0.600. The summed E-state index contributed by atoms with van der Waals surface area (Å²) in [7, 11) is 1.71. The first kappa shape index (κ1) is 24.3. The summed E-state index contributed by atoms with van der Waals surface area (Å²) in [6.07, 6.45) is 2.26. The lowest BCUT2D eigenvalue weighted by Crippen LogP contribution is -2.47. The molecule has 2 heterocycles. The molecule has 0 atom stereocenters. The highest BCUT2D eigenvalue weighted by Crippen LogP contribution is 2.30. The number of methoxy groups -OCH3 is 1. The van der Waals surface area contributed by atoms with Gasteiger partial charge in [-0.05, 0) is 38.4 Å². The van der Waals surface area contributed by atoms with E-state index < -0.39 is 0 Å². The number of aryl methyl sites for hydroxylation is 1. The molecule has 1 aromatic heterocycles. The summed E-state index contributed by atoms with van der Waals surface area (Å²) < 4.78 is 7.31. The number of rotatable bonds is 11. The van der Waals surface area contributed by atoms with Gasteiger partial charge in [0, 0.05) is 58.4 Å². The normalized spacial score (nSPS) is 14.7. The van der Waals surface area contributed by atoms with E-state index in [0.717, 1.165) is 68.3 Å². The molecule has 7 heteroatoms. The Hall–Kier alpha value is -2.38. The summed E-state index contributed by atoms with van der Waals surface area (Å²) in [6.45, 7) is 13.4. The Morgan fingerprint density at radius 1 is 1.12 bits per heavy atom. The maximum Gasteiger partial charge on any atom is 0.222 e.